The SMILES string of the molecule is C=O.C=O.CC1=[C]([W][N]=O)CC=C1. The quantitative estimate of drug-likeness (QED) is 0.709. The molecule has 0 aliphatic heterocycles. The van der Waals surface area contributed by atoms with Gasteiger partial charge in [-0.3, -0.25) is 0 Å². The first-order chi connectivity index (χ1) is 6.34. The fraction of sp³-hybridized carbons (Fsp3) is 0.250. The Morgan fingerprint density at radius 2 is 1.92 bits per heavy atom. The second kappa shape index (κ2) is 11.1. The first-order valence-electron chi connectivity index (χ1n) is 3.28. The second-order valence-electron chi connectivity index (χ2n) is 1.88. The number of rotatable bonds is 2. The van der Waals surface area contributed by atoms with Crippen LogP contribution in [0.3, 0.4) is 0 Å². The van der Waals surface area contributed by atoms with Crippen LogP contribution in [0, 0.1) is 4.91 Å². The first-order valence-corrected chi connectivity index (χ1v) is 6.06. The van der Waals surface area contributed by atoms with E-state index in [4.69, 9.17) is 9.59 Å². The predicted molar refractivity (Wildman–Crippen MR) is 46.5 cm³/mol. The molecule has 0 aromatic heterocycles. The van der Waals surface area contributed by atoms with Crippen molar-refractivity contribution in [2.24, 2.45) is 3.74 Å². The fourth-order valence-corrected chi connectivity index (χ4v) is 2.45. The van der Waals surface area contributed by atoms with Crippen molar-refractivity contribution in [1.29, 1.82) is 0 Å². The van der Waals surface area contributed by atoms with Crippen LogP contribution in [0.4, 0.5) is 0 Å². The Bertz CT molecular complexity index is 211. The van der Waals surface area contributed by atoms with Crippen molar-refractivity contribution in [1.82, 2.24) is 0 Å². The van der Waals surface area contributed by atoms with Crippen molar-refractivity contribution < 1.29 is 28.4 Å². The molecule has 0 bridgehead atoms. The molecule has 1 aliphatic carbocycles. The van der Waals surface area contributed by atoms with Crippen molar-refractivity contribution in [2.75, 3.05) is 0 Å². The molecule has 5 heteroatoms. The van der Waals surface area contributed by atoms with Gasteiger partial charge in [-0.25, -0.2) is 0 Å². The Morgan fingerprint density at radius 3 is 2.23 bits per heavy atom. The minimum atomic E-state index is -0.987. The van der Waals surface area contributed by atoms with Crippen LogP contribution in [-0.2, 0) is 28.4 Å². The summed E-state index contributed by atoms with van der Waals surface area (Å²) in [6.07, 6.45) is 5.15. The molecule has 0 heterocycles. The van der Waals surface area contributed by atoms with Crippen LogP contribution in [-0.4, -0.2) is 13.6 Å². The zero-order chi connectivity index (χ0) is 10.7. The summed E-state index contributed by atoms with van der Waals surface area (Å²) in [4.78, 5) is 25.9. The molecule has 0 saturated heterocycles. The fourth-order valence-electron chi connectivity index (χ4n) is 0.751. The Labute approximate surface area is 85.9 Å². The Kier molecular flexibility index (Phi) is 12.5. The van der Waals surface area contributed by atoms with Crippen molar-refractivity contribution in [3.8, 4) is 0 Å². The maximum absolute atomic E-state index is 9.87. The molecule has 0 radical (unpaired) electrons. The minimum absolute atomic E-state index is 0.987. The Hall–Kier alpha value is -0.892. The van der Waals surface area contributed by atoms with Crippen LogP contribution < -0.4 is 0 Å². The van der Waals surface area contributed by atoms with Crippen LogP contribution in [0.25, 0.3) is 0 Å². The summed E-state index contributed by atoms with van der Waals surface area (Å²) in [7, 11) is 0. The van der Waals surface area contributed by atoms with Crippen LogP contribution in [0.2, 0.25) is 0 Å². The van der Waals surface area contributed by atoms with E-state index in [0.717, 1.165) is 6.42 Å². The van der Waals surface area contributed by atoms with E-state index in [1.165, 1.54) is 9.54 Å². The first kappa shape index (κ1) is 14.6. The maximum atomic E-state index is 9.87. The molecule has 0 spiro atoms. The van der Waals surface area contributed by atoms with Gasteiger partial charge in [-0.2, -0.15) is 0 Å². The molecule has 1 aliphatic rings. The van der Waals surface area contributed by atoms with Gasteiger partial charge in [0.05, 0.1) is 0 Å². The summed E-state index contributed by atoms with van der Waals surface area (Å²) in [5.74, 6) is 0. The molecular weight excluding hydrogens is 342 g/mol. The van der Waals surface area contributed by atoms with E-state index in [2.05, 4.69) is 15.9 Å². The van der Waals surface area contributed by atoms with Gasteiger partial charge in [-0.15, -0.1) is 0 Å². The molecule has 0 aromatic rings. The van der Waals surface area contributed by atoms with Gasteiger partial charge in [0.2, 0.25) is 0 Å². The average Bonchev–Trinajstić information content (AvgIpc) is 2.60. The van der Waals surface area contributed by atoms with E-state index in [0.29, 0.717) is 0 Å². The molecule has 4 nitrogen and oxygen atoms in total. The Balaban J connectivity index is 0. The summed E-state index contributed by atoms with van der Waals surface area (Å²) in [5.41, 5.74) is 1.28. The van der Waals surface area contributed by atoms with E-state index >= 15 is 0 Å². The third-order valence-corrected chi connectivity index (χ3v) is 4.07. The molecule has 0 aromatic carbocycles. The molecule has 13 heavy (non-hydrogen) atoms. The van der Waals surface area contributed by atoms with Crippen molar-refractivity contribution in [3.05, 3.63) is 26.6 Å². The van der Waals surface area contributed by atoms with Crippen LogP contribution in [0.1, 0.15) is 13.3 Å². The van der Waals surface area contributed by atoms with Crippen LogP contribution in [0.15, 0.2) is 25.4 Å². The summed E-state index contributed by atoms with van der Waals surface area (Å²) < 4.78 is 4.31. The van der Waals surface area contributed by atoms with Gasteiger partial charge in [-0.1, -0.05) is 0 Å². The van der Waals surface area contributed by atoms with E-state index in [1.807, 2.05) is 20.5 Å². The van der Waals surface area contributed by atoms with Gasteiger partial charge < -0.3 is 9.59 Å². The van der Waals surface area contributed by atoms with Gasteiger partial charge in [0.15, 0.2) is 0 Å². The molecule has 1 rings (SSSR count). The number of nitroso groups, excluding NO2 is 1. The van der Waals surface area contributed by atoms with Gasteiger partial charge in [0.25, 0.3) is 0 Å². The van der Waals surface area contributed by atoms with E-state index in [-0.39, 0.29) is 0 Å². The van der Waals surface area contributed by atoms with Gasteiger partial charge in [0, 0.05) is 0 Å². The average molecular weight is 353 g/mol. The van der Waals surface area contributed by atoms with Gasteiger partial charge in [0.1, 0.15) is 13.6 Å². The standard InChI is InChI=1S/C6H7.2CH2O.NO.W/c1-6-4-2-3-5-6;3*1-2;/h2,4H,3H2,1H3;2*1H2;;/q;;;-1;+1. The van der Waals surface area contributed by atoms with Gasteiger partial charge in [-0.05, 0) is 0 Å². The zero-order valence-corrected chi connectivity index (χ0v) is 10.3. The molecule has 0 amide bonds. The third-order valence-electron chi connectivity index (χ3n) is 1.26. The number of carbonyl (C=O) groups excluding carboxylic acids is 2. The third kappa shape index (κ3) is 6.29. The summed E-state index contributed by atoms with van der Waals surface area (Å²) in [6.45, 7) is 6.05. The molecule has 0 N–H and O–H groups in total. The molecule has 72 valence electrons. The second-order valence-corrected chi connectivity index (χ2v) is 4.84. The molecular formula is C8H11NO3W. The van der Waals surface area contributed by atoms with Gasteiger partial charge >= 0.3 is 62.5 Å². The number of nitrogens with zero attached hydrogens (tertiary/aromatic N) is 1. The van der Waals surface area contributed by atoms with Crippen molar-refractivity contribution in [3.63, 3.8) is 0 Å². The topological polar surface area (TPSA) is 63.6 Å². The van der Waals surface area contributed by atoms with E-state index in [9.17, 15) is 4.91 Å². The molecule has 0 saturated carbocycles. The van der Waals surface area contributed by atoms with Crippen LogP contribution >= 0.6 is 0 Å². The molecule has 0 fully saturated rings. The summed E-state index contributed by atoms with van der Waals surface area (Å²) in [6, 6.07) is 0. The zero-order valence-electron chi connectivity index (χ0n) is 7.36. The number of carbonyl (C=O) groups is 2. The normalized spacial score (nSPS) is 12.4. The van der Waals surface area contributed by atoms with E-state index < -0.39 is 18.8 Å². The number of allylic oxidation sites excluding steroid dienone is 4. The van der Waals surface area contributed by atoms with Crippen molar-refractivity contribution in [2.45, 2.75) is 13.3 Å². The summed E-state index contributed by atoms with van der Waals surface area (Å²) >= 11 is -0.987. The molecule has 0 unspecified atom stereocenters. The molecule has 0 atom stereocenters. The van der Waals surface area contributed by atoms with E-state index in [1.54, 1.807) is 0 Å². The van der Waals surface area contributed by atoms with Crippen LogP contribution in [0.5, 0.6) is 0 Å². The number of hydrogen-bond donors (Lipinski definition) is 0. The summed E-state index contributed by atoms with van der Waals surface area (Å²) in [5, 5.41) is 0. The van der Waals surface area contributed by atoms with Crippen molar-refractivity contribution >= 4 is 13.6 Å². The number of hydrogen-bond acceptors (Lipinski definition) is 4. The monoisotopic (exact) mass is 353 g/mol. The Morgan fingerprint density at radius 1 is 1.38 bits per heavy atom. The predicted octanol–water partition coefficient (Wildman–Crippen LogP) is 1.61.